The van der Waals surface area contributed by atoms with Gasteiger partial charge in [-0.2, -0.15) is 9.99 Å². The summed E-state index contributed by atoms with van der Waals surface area (Å²) in [6, 6.07) is 7.55. The first kappa shape index (κ1) is 14.3. The molecule has 0 aliphatic heterocycles. The topological polar surface area (TPSA) is 50.7 Å². The van der Waals surface area contributed by atoms with Crippen molar-refractivity contribution in [3.05, 3.63) is 76.3 Å². The van der Waals surface area contributed by atoms with Gasteiger partial charge in [0.05, 0.1) is 11.1 Å². The van der Waals surface area contributed by atoms with Gasteiger partial charge in [0, 0.05) is 12.1 Å². The van der Waals surface area contributed by atoms with Gasteiger partial charge in [-0.25, -0.2) is 0 Å². The molecule has 1 aromatic rings. The maximum atomic E-state index is 12.2. The normalized spacial score (nSPS) is 19.7. The first-order valence-corrected chi connectivity index (χ1v) is 7.43. The zero-order valence-electron chi connectivity index (χ0n) is 12.8. The molecule has 0 aromatic carbocycles. The van der Waals surface area contributed by atoms with Gasteiger partial charge in [0.2, 0.25) is 5.69 Å². The zero-order valence-corrected chi connectivity index (χ0v) is 12.8. The molecule has 110 valence electrons. The molecule has 0 bridgehead atoms. The van der Waals surface area contributed by atoms with Crippen molar-refractivity contribution in [1.82, 2.24) is 0 Å². The summed E-state index contributed by atoms with van der Waals surface area (Å²) < 4.78 is 0.837. The van der Waals surface area contributed by atoms with Crippen LogP contribution in [-0.4, -0.2) is 0 Å². The molecular weight excluding hydrogens is 272 g/mol. The van der Waals surface area contributed by atoms with Crippen molar-refractivity contribution in [3.8, 4) is 6.07 Å². The minimum atomic E-state index is 0.110. The van der Waals surface area contributed by atoms with Crippen LogP contribution >= 0.6 is 0 Å². The molecule has 22 heavy (non-hydrogen) atoms. The van der Waals surface area contributed by atoms with E-state index in [2.05, 4.69) is 32.1 Å². The molecule has 0 N–H and O–H groups in total. The van der Waals surface area contributed by atoms with Crippen LogP contribution in [0.15, 0.2) is 65.4 Å². The molecule has 1 aromatic heterocycles. The summed E-state index contributed by atoms with van der Waals surface area (Å²) in [6.07, 6.45) is 11.3. The molecule has 0 spiro atoms. The Kier molecular flexibility index (Phi) is 3.46. The Hall–Kier alpha value is -2.60. The van der Waals surface area contributed by atoms with Gasteiger partial charge in [-0.15, -0.1) is 0 Å². The minimum absolute atomic E-state index is 0.110. The lowest BCUT2D eigenvalue weighted by atomic mass is 9.76. The summed E-state index contributed by atoms with van der Waals surface area (Å²) >= 11 is 0. The molecule has 0 fully saturated rings. The molecule has 0 radical (unpaired) electrons. The fourth-order valence-corrected chi connectivity index (χ4v) is 3.11. The van der Waals surface area contributed by atoms with Gasteiger partial charge in [0.25, 0.3) is 0 Å². The van der Waals surface area contributed by atoms with Crippen LogP contribution in [0.1, 0.15) is 32.4 Å². The first-order valence-electron chi connectivity index (χ1n) is 7.43. The van der Waals surface area contributed by atoms with E-state index in [0.29, 0.717) is 11.3 Å². The standard InChI is InChI=1S/C19H18N2O/c1-19(2)10-9-16-14(12-19)6-5-7-15(13-20)18(16)17-8-3-4-11-21(17)22/h3-5,7-11H,6,12H2,1-2H3. The van der Waals surface area contributed by atoms with Gasteiger partial charge in [-0.3, -0.25) is 0 Å². The van der Waals surface area contributed by atoms with Crippen LogP contribution < -0.4 is 4.73 Å². The van der Waals surface area contributed by atoms with E-state index in [0.717, 1.165) is 28.7 Å². The van der Waals surface area contributed by atoms with Crippen LogP contribution in [0.2, 0.25) is 0 Å². The number of hydrogen-bond acceptors (Lipinski definition) is 2. The molecule has 0 unspecified atom stereocenters. The Morgan fingerprint density at radius 3 is 2.82 bits per heavy atom. The number of pyridine rings is 1. The third-order valence-electron chi connectivity index (χ3n) is 4.14. The Labute approximate surface area is 130 Å². The average molecular weight is 290 g/mol. The molecule has 3 heteroatoms. The summed E-state index contributed by atoms with van der Waals surface area (Å²) in [5.41, 5.74) is 4.24. The van der Waals surface area contributed by atoms with Crippen molar-refractivity contribution < 1.29 is 4.73 Å². The van der Waals surface area contributed by atoms with E-state index in [1.807, 2.05) is 18.2 Å². The lowest BCUT2D eigenvalue weighted by Gasteiger charge is -2.28. The molecule has 0 saturated carbocycles. The van der Waals surface area contributed by atoms with E-state index in [-0.39, 0.29) is 5.41 Å². The third-order valence-corrected chi connectivity index (χ3v) is 4.14. The SMILES string of the molecule is CC1(C)C=CC2=C(CC=CC(C#N)=C2c2cccc[n+]2[O-])C1. The van der Waals surface area contributed by atoms with Crippen LogP contribution in [0, 0.1) is 22.0 Å². The summed E-state index contributed by atoms with van der Waals surface area (Å²) in [4.78, 5) is 0. The molecule has 0 atom stereocenters. The fraction of sp³-hybridized carbons (Fsp3) is 0.263. The highest BCUT2D eigenvalue weighted by Crippen LogP contribution is 2.41. The first-order chi connectivity index (χ1) is 10.5. The van der Waals surface area contributed by atoms with Crippen molar-refractivity contribution in [2.45, 2.75) is 26.7 Å². The Morgan fingerprint density at radius 2 is 2.09 bits per heavy atom. The van der Waals surface area contributed by atoms with Gasteiger partial charge < -0.3 is 5.21 Å². The second-order valence-corrected chi connectivity index (χ2v) is 6.43. The van der Waals surface area contributed by atoms with Crippen molar-refractivity contribution >= 4 is 5.57 Å². The predicted molar refractivity (Wildman–Crippen MR) is 86.3 cm³/mol. The number of allylic oxidation sites excluding steroid dienone is 8. The molecule has 3 rings (SSSR count). The Balaban J connectivity index is 2.25. The second-order valence-electron chi connectivity index (χ2n) is 6.43. The quantitative estimate of drug-likeness (QED) is 0.583. The fourth-order valence-electron chi connectivity index (χ4n) is 3.11. The van der Waals surface area contributed by atoms with E-state index < -0.39 is 0 Å². The van der Waals surface area contributed by atoms with Gasteiger partial charge in [-0.05, 0) is 36.0 Å². The maximum absolute atomic E-state index is 12.2. The van der Waals surface area contributed by atoms with Crippen LogP contribution in [0.3, 0.4) is 0 Å². The van der Waals surface area contributed by atoms with Crippen molar-refractivity contribution in [2.24, 2.45) is 5.41 Å². The van der Waals surface area contributed by atoms with E-state index in [4.69, 9.17) is 0 Å². The third kappa shape index (κ3) is 2.48. The van der Waals surface area contributed by atoms with E-state index in [1.165, 1.54) is 11.8 Å². The van der Waals surface area contributed by atoms with Gasteiger partial charge >= 0.3 is 0 Å². The lowest BCUT2D eigenvalue weighted by molar-refractivity contribution is -0.607. The number of rotatable bonds is 1. The number of nitriles is 1. The van der Waals surface area contributed by atoms with Gasteiger partial charge in [0.15, 0.2) is 6.20 Å². The van der Waals surface area contributed by atoms with Crippen LogP contribution in [-0.2, 0) is 0 Å². The highest BCUT2D eigenvalue weighted by Gasteiger charge is 2.28. The monoisotopic (exact) mass is 290 g/mol. The van der Waals surface area contributed by atoms with Crippen molar-refractivity contribution in [2.75, 3.05) is 0 Å². The average Bonchev–Trinajstić information content (AvgIpc) is 2.65. The summed E-state index contributed by atoms with van der Waals surface area (Å²) in [7, 11) is 0. The maximum Gasteiger partial charge on any atom is 0.225 e. The number of hydrogen-bond donors (Lipinski definition) is 0. The lowest BCUT2D eigenvalue weighted by Crippen LogP contribution is -2.31. The van der Waals surface area contributed by atoms with Crippen LogP contribution in [0.5, 0.6) is 0 Å². The summed E-state index contributed by atoms with van der Waals surface area (Å²) in [5, 5.41) is 21.7. The molecule has 0 amide bonds. The summed E-state index contributed by atoms with van der Waals surface area (Å²) in [6.45, 7) is 4.40. The highest BCUT2D eigenvalue weighted by molar-refractivity contribution is 5.87. The molecule has 0 saturated heterocycles. The smallest absolute Gasteiger partial charge is 0.225 e. The number of nitrogens with zero attached hydrogens (tertiary/aromatic N) is 2. The van der Waals surface area contributed by atoms with Gasteiger partial charge in [-0.1, -0.05) is 37.6 Å². The molecule has 3 nitrogen and oxygen atoms in total. The minimum Gasteiger partial charge on any atom is -0.618 e. The second kappa shape index (κ2) is 5.31. The predicted octanol–water partition coefficient (Wildman–Crippen LogP) is 3.84. The number of aromatic nitrogens is 1. The van der Waals surface area contributed by atoms with E-state index in [1.54, 1.807) is 12.1 Å². The largest absolute Gasteiger partial charge is 0.618 e. The van der Waals surface area contributed by atoms with Crippen LogP contribution in [0.4, 0.5) is 0 Å². The van der Waals surface area contributed by atoms with E-state index in [9.17, 15) is 10.5 Å². The molecule has 2 aliphatic carbocycles. The van der Waals surface area contributed by atoms with Gasteiger partial charge in [0.1, 0.15) is 6.07 Å². The molecule has 2 aliphatic rings. The Bertz CT molecular complexity index is 786. The van der Waals surface area contributed by atoms with E-state index >= 15 is 0 Å². The molecular formula is C19H18N2O. The van der Waals surface area contributed by atoms with Crippen molar-refractivity contribution in [1.29, 1.82) is 5.26 Å². The Morgan fingerprint density at radius 1 is 1.27 bits per heavy atom. The van der Waals surface area contributed by atoms with Crippen LogP contribution in [0.25, 0.3) is 5.57 Å². The van der Waals surface area contributed by atoms with Crippen molar-refractivity contribution in [3.63, 3.8) is 0 Å². The zero-order chi connectivity index (χ0) is 15.7. The molecule has 1 heterocycles. The summed E-state index contributed by atoms with van der Waals surface area (Å²) in [5.74, 6) is 0. The highest BCUT2D eigenvalue weighted by atomic mass is 16.5.